The van der Waals surface area contributed by atoms with E-state index in [1.807, 2.05) is 0 Å². The van der Waals surface area contributed by atoms with Crippen molar-refractivity contribution in [3.63, 3.8) is 0 Å². The summed E-state index contributed by atoms with van der Waals surface area (Å²) in [7, 11) is -3.25. The van der Waals surface area contributed by atoms with Crippen LogP contribution in [0, 0.1) is 11.8 Å². The highest BCUT2D eigenvalue weighted by atomic mass is 32.2. The first-order valence-corrected chi connectivity index (χ1v) is 8.98. The van der Waals surface area contributed by atoms with Gasteiger partial charge in [-0.05, 0) is 31.6 Å². The molecule has 8 heteroatoms. The van der Waals surface area contributed by atoms with Crippen LogP contribution in [0.1, 0.15) is 26.2 Å². The van der Waals surface area contributed by atoms with E-state index in [1.165, 1.54) is 0 Å². The van der Waals surface area contributed by atoms with E-state index < -0.39 is 16.0 Å². The fourth-order valence-electron chi connectivity index (χ4n) is 3.85. The van der Waals surface area contributed by atoms with Crippen LogP contribution in [0.4, 0.5) is 0 Å². The third kappa shape index (κ3) is 2.54. The lowest BCUT2D eigenvalue weighted by atomic mass is 9.93. The van der Waals surface area contributed by atoms with Crippen LogP contribution in [0.25, 0.3) is 0 Å². The van der Waals surface area contributed by atoms with E-state index in [-0.39, 0.29) is 48.1 Å². The molecular formula is C14H20N2O5S. The van der Waals surface area contributed by atoms with Crippen molar-refractivity contribution in [2.24, 2.45) is 11.8 Å². The third-order valence-electron chi connectivity index (χ3n) is 4.84. The molecule has 1 aliphatic heterocycles. The zero-order chi connectivity index (χ0) is 16.1. The Labute approximate surface area is 129 Å². The van der Waals surface area contributed by atoms with Crippen molar-refractivity contribution in [1.29, 1.82) is 0 Å². The highest BCUT2D eigenvalue weighted by molar-refractivity contribution is 7.90. The summed E-state index contributed by atoms with van der Waals surface area (Å²) < 4.78 is 31.9. The number of fused-ring (bicyclic) bond motifs is 1. The molecule has 0 radical (unpaired) electrons. The predicted molar refractivity (Wildman–Crippen MR) is 78.2 cm³/mol. The number of hydrogen-bond donors (Lipinski definition) is 2. The van der Waals surface area contributed by atoms with Gasteiger partial charge < -0.3 is 10.1 Å². The average Bonchev–Trinajstić information content (AvgIpc) is 3.02. The molecule has 2 aliphatic carbocycles. The number of hydrogen-bond acceptors (Lipinski definition) is 5. The topological polar surface area (TPSA) is 102 Å². The van der Waals surface area contributed by atoms with Gasteiger partial charge in [0.15, 0.2) is 0 Å². The molecule has 5 unspecified atom stereocenters. The fourth-order valence-corrected chi connectivity index (χ4v) is 5.96. The van der Waals surface area contributed by atoms with Crippen molar-refractivity contribution in [2.45, 2.75) is 43.6 Å². The van der Waals surface area contributed by atoms with E-state index in [1.54, 1.807) is 6.92 Å². The van der Waals surface area contributed by atoms with Gasteiger partial charge >= 0.3 is 5.97 Å². The minimum Gasteiger partial charge on any atom is -0.460 e. The van der Waals surface area contributed by atoms with Crippen molar-refractivity contribution in [1.82, 2.24) is 10.0 Å². The molecule has 122 valence electrons. The first-order valence-electron chi connectivity index (χ1n) is 7.44. The highest BCUT2D eigenvalue weighted by Gasteiger charge is 2.63. The molecule has 7 nitrogen and oxygen atoms in total. The summed E-state index contributed by atoms with van der Waals surface area (Å²) in [5, 5.41) is 2.25. The number of rotatable bonds is 5. The molecule has 3 aliphatic rings. The largest absolute Gasteiger partial charge is 0.460 e. The van der Waals surface area contributed by atoms with Gasteiger partial charge in [0.25, 0.3) is 0 Å². The third-order valence-corrected chi connectivity index (χ3v) is 6.78. The zero-order valence-electron chi connectivity index (χ0n) is 12.4. The minimum absolute atomic E-state index is 0.0653. The Hall–Kier alpha value is -1.41. The number of sulfonamides is 1. The summed E-state index contributed by atoms with van der Waals surface area (Å²) >= 11 is 0. The van der Waals surface area contributed by atoms with E-state index >= 15 is 0 Å². The van der Waals surface area contributed by atoms with E-state index in [0.717, 1.165) is 6.42 Å². The van der Waals surface area contributed by atoms with E-state index in [9.17, 15) is 18.0 Å². The van der Waals surface area contributed by atoms with Crippen molar-refractivity contribution < 1.29 is 22.7 Å². The van der Waals surface area contributed by atoms with E-state index in [4.69, 9.17) is 4.74 Å². The highest BCUT2D eigenvalue weighted by Crippen LogP contribution is 2.52. The lowest BCUT2D eigenvalue weighted by Crippen LogP contribution is -2.42. The van der Waals surface area contributed by atoms with Crippen molar-refractivity contribution in [3.05, 3.63) is 12.2 Å². The summed E-state index contributed by atoms with van der Waals surface area (Å²) in [5.74, 6) is -0.518. The maximum absolute atomic E-state index is 11.9. The average molecular weight is 328 g/mol. The number of carbonyl (C=O) groups is 2. The number of esters is 1. The van der Waals surface area contributed by atoms with Gasteiger partial charge in [-0.25, -0.2) is 13.1 Å². The molecule has 2 bridgehead atoms. The van der Waals surface area contributed by atoms with Gasteiger partial charge in [-0.15, -0.1) is 0 Å². The molecule has 22 heavy (non-hydrogen) atoms. The van der Waals surface area contributed by atoms with Crippen LogP contribution in [0.5, 0.6) is 0 Å². The van der Waals surface area contributed by atoms with Crippen molar-refractivity contribution in [3.8, 4) is 0 Å². The summed E-state index contributed by atoms with van der Waals surface area (Å²) in [5.41, 5.74) is 0.382. The lowest BCUT2D eigenvalue weighted by molar-refractivity contribution is -0.152. The quantitative estimate of drug-likeness (QED) is 0.532. The molecule has 0 aromatic rings. The second kappa shape index (κ2) is 5.34. The Morgan fingerprint density at radius 3 is 2.77 bits per heavy atom. The summed E-state index contributed by atoms with van der Waals surface area (Å²) in [6.07, 6.45) is 1.06. The molecule has 2 N–H and O–H groups in total. The van der Waals surface area contributed by atoms with Crippen LogP contribution in [0.2, 0.25) is 0 Å². The molecule has 2 saturated carbocycles. The van der Waals surface area contributed by atoms with E-state index in [2.05, 4.69) is 16.6 Å². The SMILES string of the molecule is C=C(C)C(=O)NCCC(=O)OC1C2CC3C1NS(=O)(=O)C3C2. The first kappa shape index (κ1) is 15.5. The van der Waals surface area contributed by atoms with Crippen LogP contribution in [-0.2, 0) is 24.3 Å². The van der Waals surface area contributed by atoms with Gasteiger partial charge in [0, 0.05) is 12.1 Å². The van der Waals surface area contributed by atoms with E-state index in [0.29, 0.717) is 12.0 Å². The standard InChI is InChI=1S/C14H20N2O5S/c1-7(2)14(18)15-4-3-11(17)21-13-8-5-9-10(6-8)22(19,20)16-12(9)13/h8-10,12-13,16H,1,3-6H2,2H3,(H,15,18). The monoisotopic (exact) mass is 328 g/mol. The van der Waals surface area contributed by atoms with Crippen molar-refractivity contribution in [2.75, 3.05) is 6.54 Å². The first-order chi connectivity index (χ1) is 10.3. The molecule has 1 heterocycles. The molecule has 3 fully saturated rings. The predicted octanol–water partition coefficient (Wildman–Crippen LogP) is -0.309. The lowest BCUT2D eigenvalue weighted by Gasteiger charge is -2.26. The van der Waals surface area contributed by atoms with Crippen LogP contribution >= 0.6 is 0 Å². The number of carbonyl (C=O) groups excluding carboxylic acids is 2. The van der Waals surface area contributed by atoms with Gasteiger partial charge in [0.1, 0.15) is 6.10 Å². The summed E-state index contributed by atoms with van der Waals surface area (Å²) in [6.45, 7) is 5.28. The maximum Gasteiger partial charge on any atom is 0.307 e. The van der Waals surface area contributed by atoms with Gasteiger partial charge in [-0.2, -0.15) is 0 Å². The van der Waals surface area contributed by atoms with Gasteiger partial charge in [-0.1, -0.05) is 6.58 Å². The van der Waals surface area contributed by atoms with Gasteiger partial charge in [0.2, 0.25) is 15.9 Å². The maximum atomic E-state index is 11.9. The Morgan fingerprint density at radius 2 is 2.09 bits per heavy atom. The summed E-state index contributed by atoms with van der Waals surface area (Å²) in [6, 6.07) is -0.275. The van der Waals surface area contributed by atoms with Crippen molar-refractivity contribution >= 4 is 21.9 Å². The van der Waals surface area contributed by atoms with Gasteiger partial charge in [-0.3, -0.25) is 9.59 Å². The van der Waals surface area contributed by atoms with Gasteiger partial charge in [0.05, 0.1) is 17.7 Å². The Bertz CT molecular complexity index is 629. The molecule has 5 atom stereocenters. The zero-order valence-corrected chi connectivity index (χ0v) is 13.2. The smallest absolute Gasteiger partial charge is 0.307 e. The molecule has 3 rings (SSSR count). The number of ether oxygens (including phenoxy) is 1. The molecular weight excluding hydrogens is 308 g/mol. The summed E-state index contributed by atoms with van der Waals surface area (Å²) in [4.78, 5) is 23.2. The van der Waals surface area contributed by atoms with Crippen LogP contribution in [0.15, 0.2) is 12.2 Å². The van der Waals surface area contributed by atoms with Crippen LogP contribution < -0.4 is 10.0 Å². The number of nitrogens with one attached hydrogen (secondary N) is 2. The number of amides is 1. The minimum atomic E-state index is -3.25. The second-order valence-corrected chi connectivity index (χ2v) is 8.29. The molecule has 0 aromatic carbocycles. The second-order valence-electron chi connectivity index (χ2n) is 6.36. The Balaban J connectivity index is 1.51. The molecule has 1 saturated heterocycles. The normalized spacial score (nSPS) is 37.0. The van der Waals surface area contributed by atoms with Crippen LogP contribution in [0.3, 0.4) is 0 Å². The van der Waals surface area contributed by atoms with Crippen LogP contribution in [-0.4, -0.2) is 44.2 Å². The Kier molecular flexibility index (Phi) is 3.76. The molecule has 0 aromatic heterocycles. The fraction of sp³-hybridized carbons (Fsp3) is 0.714. The molecule has 1 amide bonds. The molecule has 0 spiro atoms. The Morgan fingerprint density at radius 1 is 1.36 bits per heavy atom.